The molecule has 1 aliphatic rings. The van der Waals surface area contributed by atoms with Gasteiger partial charge in [0.1, 0.15) is 0 Å². The lowest BCUT2D eigenvalue weighted by atomic mass is 9.85. The van der Waals surface area contributed by atoms with Crippen LogP contribution < -0.4 is 4.90 Å². The van der Waals surface area contributed by atoms with Crippen molar-refractivity contribution in [3.8, 4) is 0 Å². The van der Waals surface area contributed by atoms with Gasteiger partial charge in [0.05, 0.1) is 5.41 Å². The van der Waals surface area contributed by atoms with Crippen LogP contribution in [0.4, 0.5) is 18.9 Å². The second-order valence-corrected chi connectivity index (χ2v) is 5.05. The first-order valence-electron chi connectivity index (χ1n) is 5.61. The summed E-state index contributed by atoms with van der Waals surface area (Å²) in [4.78, 5) is 24.6. The van der Waals surface area contributed by atoms with Crippen molar-refractivity contribution in [1.29, 1.82) is 0 Å². The maximum Gasteiger partial charge on any atom is 0.454 e. The summed E-state index contributed by atoms with van der Waals surface area (Å²) in [6, 6.07) is 3.63. The normalized spacial score (nSPS) is 17.6. The van der Waals surface area contributed by atoms with Gasteiger partial charge in [-0.15, -0.1) is 0 Å². The van der Waals surface area contributed by atoms with Crippen molar-refractivity contribution in [2.45, 2.75) is 25.4 Å². The number of hydrogen-bond acceptors (Lipinski definition) is 2. The second kappa shape index (κ2) is 3.82. The summed E-state index contributed by atoms with van der Waals surface area (Å²) in [5, 5.41) is 0. The van der Waals surface area contributed by atoms with Crippen molar-refractivity contribution in [3.05, 3.63) is 29.3 Å². The first-order valence-corrected chi connectivity index (χ1v) is 5.61. The van der Waals surface area contributed by atoms with Crippen molar-refractivity contribution >= 4 is 17.4 Å². The quantitative estimate of drug-likeness (QED) is 0.736. The average molecular weight is 271 g/mol. The molecular formula is C13H12F3NO2. The highest BCUT2D eigenvalue weighted by Gasteiger charge is 2.44. The maximum absolute atomic E-state index is 12.4. The number of rotatable bonds is 1. The van der Waals surface area contributed by atoms with E-state index in [0.717, 1.165) is 12.1 Å². The third kappa shape index (κ3) is 1.91. The Morgan fingerprint density at radius 2 is 1.84 bits per heavy atom. The van der Waals surface area contributed by atoms with Crippen LogP contribution in [0.15, 0.2) is 18.2 Å². The van der Waals surface area contributed by atoms with Crippen LogP contribution in [0.3, 0.4) is 0 Å². The number of fused-ring (bicyclic) bond motifs is 1. The van der Waals surface area contributed by atoms with Gasteiger partial charge in [-0.3, -0.25) is 9.59 Å². The monoisotopic (exact) mass is 271 g/mol. The van der Waals surface area contributed by atoms with Gasteiger partial charge in [-0.25, -0.2) is 0 Å². The fourth-order valence-electron chi connectivity index (χ4n) is 2.28. The number of hydrogen-bond donors (Lipinski definition) is 0. The van der Waals surface area contributed by atoms with E-state index < -0.39 is 22.9 Å². The Morgan fingerprint density at radius 1 is 1.26 bits per heavy atom. The van der Waals surface area contributed by atoms with Crippen molar-refractivity contribution in [3.63, 3.8) is 0 Å². The fraction of sp³-hybridized carbons (Fsp3) is 0.385. The Hall–Kier alpha value is -1.85. The number of carbonyl (C=O) groups excluding carboxylic acids is 2. The Morgan fingerprint density at radius 3 is 2.37 bits per heavy atom. The van der Waals surface area contributed by atoms with Gasteiger partial charge in [0, 0.05) is 18.3 Å². The zero-order chi connectivity index (χ0) is 14.6. The summed E-state index contributed by atoms with van der Waals surface area (Å²) in [5.74, 6) is -2.10. The predicted molar refractivity (Wildman–Crippen MR) is 63.3 cm³/mol. The number of halogens is 3. The zero-order valence-corrected chi connectivity index (χ0v) is 10.6. The zero-order valence-electron chi connectivity index (χ0n) is 10.6. The largest absolute Gasteiger partial charge is 0.454 e. The predicted octanol–water partition coefficient (Wildman–Crippen LogP) is 2.69. The van der Waals surface area contributed by atoms with Crippen LogP contribution in [-0.2, 0) is 10.2 Å². The molecule has 0 N–H and O–H groups in total. The number of likely N-dealkylation sites (N-methyl/N-ethyl adjacent to an activating group) is 1. The van der Waals surface area contributed by atoms with Gasteiger partial charge in [0.15, 0.2) is 0 Å². The molecule has 0 spiro atoms. The number of ketones is 1. The molecule has 0 radical (unpaired) electrons. The Bertz CT molecular complexity index is 576. The van der Waals surface area contributed by atoms with Gasteiger partial charge in [-0.05, 0) is 37.6 Å². The molecule has 2 rings (SSSR count). The number of amides is 1. The lowest BCUT2D eigenvalue weighted by molar-refractivity contribution is -0.121. The molecular weight excluding hydrogens is 259 g/mol. The molecule has 1 aromatic rings. The van der Waals surface area contributed by atoms with Crippen LogP contribution in [0.25, 0.3) is 0 Å². The third-order valence-corrected chi connectivity index (χ3v) is 3.39. The van der Waals surface area contributed by atoms with Gasteiger partial charge in [0.25, 0.3) is 5.78 Å². The Balaban J connectivity index is 2.56. The maximum atomic E-state index is 12.4. The van der Waals surface area contributed by atoms with Crippen molar-refractivity contribution < 1.29 is 22.8 Å². The molecule has 1 aliphatic heterocycles. The van der Waals surface area contributed by atoms with Crippen molar-refractivity contribution in [2.24, 2.45) is 0 Å². The summed E-state index contributed by atoms with van der Waals surface area (Å²) >= 11 is 0. The molecule has 0 aliphatic carbocycles. The van der Waals surface area contributed by atoms with E-state index in [1.807, 2.05) is 0 Å². The lowest BCUT2D eigenvalue weighted by Crippen LogP contribution is -2.33. The first kappa shape index (κ1) is 13.6. The van der Waals surface area contributed by atoms with Gasteiger partial charge in [-0.2, -0.15) is 13.2 Å². The smallest absolute Gasteiger partial charge is 0.314 e. The van der Waals surface area contributed by atoms with Crippen LogP contribution in [0.2, 0.25) is 0 Å². The highest BCUT2D eigenvalue weighted by molar-refractivity contribution is 6.09. The van der Waals surface area contributed by atoms with Crippen LogP contribution in [0, 0.1) is 0 Å². The molecule has 19 heavy (non-hydrogen) atoms. The van der Waals surface area contributed by atoms with Crippen LogP contribution in [-0.4, -0.2) is 24.9 Å². The third-order valence-electron chi connectivity index (χ3n) is 3.39. The van der Waals surface area contributed by atoms with E-state index in [4.69, 9.17) is 0 Å². The molecule has 0 aromatic heterocycles. The highest BCUT2D eigenvalue weighted by Crippen LogP contribution is 2.41. The van der Waals surface area contributed by atoms with Gasteiger partial charge in [0.2, 0.25) is 5.91 Å². The Labute approximate surface area is 108 Å². The minimum atomic E-state index is -4.91. The van der Waals surface area contributed by atoms with E-state index in [9.17, 15) is 22.8 Å². The summed E-state index contributed by atoms with van der Waals surface area (Å²) in [6.07, 6.45) is -4.91. The SMILES string of the molecule is CN1C(=O)C(C)(C)c2cc(C(=O)C(F)(F)F)ccc21. The molecule has 1 aromatic carbocycles. The molecule has 3 nitrogen and oxygen atoms in total. The van der Waals surface area contributed by atoms with E-state index in [2.05, 4.69) is 0 Å². The summed E-state index contributed by atoms with van der Waals surface area (Å²) < 4.78 is 37.2. The average Bonchev–Trinajstić information content (AvgIpc) is 2.49. The number of alkyl halides is 3. The molecule has 0 saturated carbocycles. The van der Waals surface area contributed by atoms with E-state index in [1.54, 1.807) is 20.9 Å². The van der Waals surface area contributed by atoms with Crippen LogP contribution in [0.1, 0.15) is 29.8 Å². The summed E-state index contributed by atoms with van der Waals surface area (Å²) in [7, 11) is 1.56. The summed E-state index contributed by atoms with van der Waals surface area (Å²) in [5.41, 5.74) is -0.391. The number of carbonyl (C=O) groups is 2. The van der Waals surface area contributed by atoms with Crippen LogP contribution >= 0.6 is 0 Å². The molecule has 0 fully saturated rings. The van der Waals surface area contributed by atoms with E-state index in [-0.39, 0.29) is 5.91 Å². The lowest BCUT2D eigenvalue weighted by Gasteiger charge is -2.16. The molecule has 0 unspecified atom stereocenters. The minimum Gasteiger partial charge on any atom is -0.314 e. The molecule has 0 atom stereocenters. The topological polar surface area (TPSA) is 37.4 Å². The molecule has 1 heterocycles. The highest BCUT2D eigenvalue weighted by atomic mass is 19.4. The number of nitrogens with zero attached hydrogens (tertiary/aromatic N) is 1. The van der Waals surface area contributed by atoms with Gasteiger partial charge in [-0.1, -0.05) is 0 Å². The Kier molecular flexibility index (Phi) is 2.73. The number of Topliss-reactive ketones (excluding diaryl/α,β-unsaturated/α-hetero) is 1. The number of anilines is 1. The number of benzene rings is 1. The minimum absolute atomic E-state index is 0.209. The second-order valence-electron chi connectivity index (χ2n) is 5.05. The molecule has 1 amide bonds. The van der Waals surface area contributed by atoms with Gasteiger partial charge >= 0.3 is 6.18 Å². The molecule has 0 saturated heterocycles. The van der Waals surface area contributed by atoms with E-state index in [1.165, 1.54) is 11.0 Å². The fourth-order valence-corrected chi connectivity index (χ4v) is 2.28. The first-order chi connectivity index (χ1) is 8.56. The van der Waals surface area contributed by atoms with Crippen molar-refractivity contribution in [2.75, 3.05) is 11.9 Å². The van der Waals surface area contributed by atoms with E-state index in [0.29, 0.717) is 11.3 Å². The van der Waals surface area contributed by atoms with Crippen LogP contribution in [0.5, 0.6) is 0 Å². The molecule has 6 heteroatoms. The molecule has 102 valence electrons. The molecule has 0 bridgehead atoms. The standard InChI is InChI=1S/C13H12F3NO2/c1-12(2)8-6-7(10(18)13(14,15)16)4-5-9(8)17(3)11(12)19/h4-6H,1-3H3. The van der Waals surface area contributed by atoms with E-state index >= 15 is 0 Å². The summed E-state index contributed by atoms with van der Waals surface area (Å²) in [6.45, 7) is 3.25. The van der Waals surface area contributed by atoms with Crippen molar-refractivity contribution in [1.82, 2.24) is 0 Å². The van der Waals surface area contributed by atoms with Gasteiger partial charge < -0.3 is 4.90 Å².